The molecule has 2 aromatic carbocycles. The number of likely N-dealkylation sites (tertiary alicyclic amines) is 1. The number of carbonyl (C=O) groups excluding carboxylic acids is 1. The number of aliphatic carboxylic acids is 1. The molecule has 1 N–H and O–H groups in total. The van der Waals surface area contributed by atoms with Crippen molar-refractivity contribution in [2.75, 3.05) is 6.54 Å². The first-order chi connectivity index (χ1) is 11.7. The molecular weight excluding hydrogens is 306 g/mol. The molecule has 24 heavy (non-hydrogen) atoms. The van der Waals surface area contributed by atoms with Crippen LogP contribution in [0.15, 0.2) is 60.7 Å². The van der Waals surface area contributed by atoms with Gasteiger partial charge in [0.1, 0.15) is 12.6 Å². The highest BCUT2D eigenvalue weighted by molar-refractivity contribution is 5.82. The monoisotopic (exact) mass is 325 g/mol. The van der Waals surface area contributed by atoms with Crippen molar-refractivity contribution < 1.29 is 19.4 Å². The lowest BCUT2D eigenvalue weighted by atomic mass is 9.92. The molecule has 2 atom stereocenters. The van der Waals surface area contributed by atoms with Crippen LogP contribution in [0.3, 0.4) is 0 Å². The number of rotatable bonds is 4. The minimum Gasteiger partial charge on any atom is -0.480 e. The molecule has 1 saturated heterocycles. The summed E-state index contributed by atoms with van der Waals surface area (Å²) in [5, 5.41) is 9.60. The zero-order valence-corrected chi connectivity index (χ0v) is 13.2. The number of ether oxygens (including phenoxy) is 1. The molecule has 1 heterocycles. The smallest absolute Gasteiger partial charge is 0.410 e. The molecule has 0 bridgehead atoms. The highest BCUT2D eigenvalue weighted by Gasteiger charge is 2.43. The van der Waals surface area contributed by atoms with E-state index >= 15 is 0 Å². The van der Waals surface area contributed by atoms with Gasteiger partial charge < -0.3 is 9.84 Å². The van der Waals surface area contributed by atoms with Crippen molar-refractivity contribution in [3.8, 4) is 0 Å². The Morgan fingerprint density at radius 2 is 1.67 bits per heavy atom. The molecule has 1 aliphatic heterocycles. The van der Waals surface area contributed by atoms with E-state index in [1.165, 1.54) is 4.90 Å². The Bertz CT molecular complexity index is 702. The Morgan fingerprint density at radius 1 is 1.04 bits per heavy atom. The summed E-state index contributed by atoms with van der Waals surface area (Å²) in [4.78, 5) is 25.4. The van der Waals surface area contributed by atoms with Gasteiger partial charge in [0.2, 0.25) is 0 Å². The van der Waals surface area contributed by atoms with Gasteiger partial charge in [-0.2, -0.15) is 0 Å². The van der Waals surface area contributed by atoms with Crippen LogP contribution in [0, 0.1) is 0 Å². The van der Waals surface area contributed by atoms with Crippen LogP contribution in [0.4, 0.5) is 4.79 Å². The maximum atomic E-state index is 12.4. The number of carboxylic acid groups (broad SMARTS) is 1. The molecule has 0 aliphatic carbocycles. The number of carbonyl (C=O) groups is 2. The fourth-order valence-corrected chi connectivity index (χ4v) is 3.15. The molecule has 0 aromatic heterocycles. The van der Waals surface area contributed by atoms with Crippen molar-refractivity contribution in [2.45, 2.75) is 25.0 Å². The van der Waals surface area contributed by atoms with Gasteiger partial charge in [-0.25, -0.2) is 9.59 Å². The standard InChI is InChI=1S/C19H19NO4/c21-18(22)17-16(15-9-5-2-6-10-15)11-12-20(17)19(23)24-13-14-7-3-1-4-8-14/h1-10,16-17H,11-13H2,(H,21,22). The quantitative estimate of drug-likeness (QED) is 0.937. The zero-order chi connectivity index (χ0) is 16.9. The first-order valence-electron chi connectivity index (χ1n) is 7.92. The van der Waals surface area contributed by atoms with E-state index in [0.717, 1.165) is 11.1 Å². The molecule has 0 saturated carbocycles. The van der Waals surface area contributed by atoms with Gasteiger partial charge in [0.25, 0.3) is 0 Å². The molecule has 1 amide bonds. The fourth-order valence-electron chi connectivity index (χ4n) is 3.15. The summed E-state index contributed by atoms with van der Waals surface area (Å²) in [5.74, 6) is -1.22. The van der Waals surface area contributed by atoms with E-state index in [4.69, 9.17) is 4.74 Å². The molecule has 0 spiro atoms. The van der Waals surface area contributed by atoms with E-state index in [2.05, 4.69) is 0 Å². The predicted molar refractivity (Wildman–Crippen MR) is 88.6 cm³/mol. The van der Waals surface area contributed by atoms with Gasteiger partial charge >= 0.3 is 12.1 Å². The maximum absolute atomic E-state index is 12.4. The number of nitrogens with zero attached hydrogens (tertiary/aromatic N) is 1. The number of hydrogen-bond acceptors (Lipinski definition) is 3. The van der Waals surface area contributed by atoms with Gasteiger partial charge in [-0.05, 0) is 17.5 Å². The normalized spacial score (nSPS) is 19.9. The van der Waals surface area contributed by atoms with Gasteiger partial charge in [-0.1, -0.05) is 60.7 Å². The van der Waals surface area contributed by atoms with E-state index in [-0.39, 0.29) is 12.5 Å². The average molecular weight is 325 g/mol. The van der Waals surface area contributed by atoms with E-state index in [9.17, 15) is 14.7 Å². The largest absolute Gasteiger partial charge is 0.480 e. The van der Waals surface area contributed by atoms with E-state index in [1.54, 1.807) is 0 Å². The van der Waals surface area contributed by atoms with Gasteiger partial charge in [-0.15, -0.1) is 0 Å². The summed E-state index contributed by atoms with van der Waals surface area (Å²) in [6, 6.07) is 17.9. The van der Waals surface area contributed by atoms with Crippen molar-refractivity contribution in [3.05, 3.63) is 71.8 Å². The minimum atomic E-state index is -1.00. The van der Waals surface area contributed by atoms with Gasteiger partial charge in [0.05, 0.1) is 0 Å². The second-order valence-electron chi connectivity index (χ2n) is 5.82. The van der Waals surface area contributed by atoms with Gasteiger partial charge in [-0.3, -0.25) is 4.90 Å². The van der Waals surface area contributed by atoms with Crippen LogP contribution in [0.5, 0.6) is 0 Å². The Labute approximate surface area is 140 Å². The Hall–Kier alpha value is -2.82. The number of benzene rings is 2. The van der Waals surface area contributed by atoms with Crippen LogP contribution in [0.1, 0.15) is 23.5 Å². The SMILES string of the molecule is O=C(O)C1C(c2ccccc2)CCN1C(=O)OCc1ccccc1. The second-order valence-corrected chi connectivity index (χ2v) is 5.82. The molecule has 3 rings (SSSR count). The van der Waals surface area contributed by atoms with Gasteiger partial charge in [0, 0.05) is 12.5 Å². The van der Waals surface area contributed by atoms with Crippen molar-refractivity contribution >= 4 is 12.1 Å². The molecule has 124 valence electrons. The number of carboxylic acids is 1. The summed E-state index contributed by atoms with van der Waals surface area (Å²) in [5.41, 5.74) is 1.81. The molecule has 2 unspecified atom stereocenters. The topological polar surface area (TPSA) is 66.8 Å². The molecule has 5 nitrogen and oxygen atoms in total. The van der Waals surface area contributed by atoms with Crippen LogP contribution >= 0.6 is 0 Å². The van der Waals surface area contributed by atoms with Crippen molar-refractivity contribution in [1.82, 2.24) is 4.90 Å². The highest BCUT2D eigenvalue weighted by Crippen LogP contribution is 2.34. The second kappa shape index (κ2) is 7.17. The third-order valence-corrected chi connectivity index (χ3v) is 4.32. The summed E-state index contributed by atoms with van der Waals surface area (Å²) >= 11 is 0. The average Bonchev–Trinajstić information content (AvgIpc) is 3.07. The van der Waals surface area contributed by atoms with Gasteiger partial charge in [0.15, 0.2) is 0 Å². The predicted octanol–water partition coefficient (Wildman–Crippen LogP) is 3.27. The van der Waals surface area contributed by atoms with E-state index in [0.29, 0.717) is 13.0 Å². The Kier molecular flexibility index (Phi) is 4.79. The molecule has 1 aliphatic rings. The molecule has 0 radical (unpaired) electrons. The van der Waals surface area contributed by atoms with Crippen LogP contribution in [0.25, 0.3) is 0 Å². The van der Waals surface area contributed by atoms with Crippen molar-refractivity contribution in [2.24, 2.45) is 0 Å². The summed E-state index contributed by atoms with van der Waals surface area (Å²) in [6.45, 7) is 0.517. The zero-order valence-electron chi connectivity index (χ0n) is 13.2. The first kappa shape index (κ1) is 16.1. The molecular formula is C19H19NO4. The summed E-state index contributed by atoms with van der Waals surface area (Å²) in [7, 11) is 0. The summed E-state index contributed by atoms with van der Waals surface area (Å²) in [6.07, 6.45) is 0.0335. The van der Waals surface area contributed by atoms with E-state index < -0.39 is 18.1 Å². The Morgan fingerprint density at radius 3 is 2.29 bits per heavy atom. The first-order valence-corrected chi connectivity index (χ1v) is 7.92. The maximum Gasteiger partial charge on any atom is 0.410 e. The van der Waals surface area contributed by atoms with E-state index in [1.807, 2.05) is 60.7 Å². The highest BCUT2D eigenvalue weighted by atomic mass is 16.6. The summed E-state index contributed by atoms with van der Waals surface area (Å²) < 4.78 is 5.30. The lowest BCUT2D eigenvalue weighted by molar-refractivity contribution is -0.142. The third kappa shape index (κ3) is 3.40. The molecule has 2 aromatic rings. The minimum absolute atomic E-state index is 0.137. The van der Waals surface area contributed by atoms with Crippen LogP contribution < -0.4 is 0 Å². The lowest BCUT2D eigenvalue weighted by Crippen LogP contribution is -2.42. The lowest BCUT2D eigenvalue weighted by Gasteiger charge is -2.24. The van der Waals surface area contributed by atoms with Crippen molar-refractivity contribution in [3.63, 3.8) is 0 Å². The third-order valence-electron chi connectivity index (χ3n) is 4.32. The number of amides is 1. The molecule has 1 fully saturated rings. The van der Waals surface area contributed by atoms with Crippen LogP contribution in [0.2, 0.25) is 0 Å². The number of hydrogen-bond donors (Lipinski definition) is 1. The van der Waals surface area contributed by atoms with Crippen molar-refractivity contribution in [1.29, 1.82) is 0 Å². The van der Waals surface area contributed by atoms with Crippen LogP contribution in [-0.4, -0.2) is 34.7 Å². The molecule has 5 heteroatoms. The van der Waals surface area contributed by atoms with Crippen LogP contribution in [-0.2, 0) is 16.1 Å². The fraction of sp³-hybridized carbons (Fsp3) is 0.263. The Balaban J connectivity index is 1.70.